The van der Waals surface area contributed by atoms with Crippen LogP contribution in [0.25, 0.3) is 0 Å². The second-order valence-corrected chi connectivity index (χ2v) is 8.39. The maximum absolute atomic E-state index is 11.7. The third-order valence-corrected chi connectivity index (χ3v) is 4.26. The predicted molar refractivity (Wildman–Crippen MR) is 109 cm³/mol. The average molecular weight is 387 g/mol. The molecule has 0 aromatic carbocycles. The van der Waals surface area contributed by atoms with Gasteiger partial charge in [0.25, 0.3) is 0 Å². The smallest absolute Gasteiger partial charge is 0.308 e. The van der Waals surface area contributed by atoms with Crippen LogP contribution in [0.4, 0.5) is 0 Å². The fourth-order valence-corrected chi connectivity index (χ4v) is 2.81. The molecule has 0 radical (unpaired) electrons. The van der Waals surface area contributed by atoms with Crippen LogP contribution in [0, 0.1) is 0 Å². The molecule has 0 fully saturated rings. The van der Waals surface area contributed by atoms with Gasteiger partial charge in [-0.25, -0.2) is 0 Å². The van der Waals surface area contributed by atoms with E-state index in [0.29, 0.717) is 6.61 Å². The molecule has 5 nitrogen and oxygen atoms in total. The Balaban J connectivity index is 3.50. The monoisotopic (exact) mass is 386 g/mol. The Morgan fingerprint density at radius 2 is 1.37 bits per heavy atom. The largest absolute Gasteiger partial charge is 0.466 e. The van der Waals surface area contributed by atoms with E-state index in [4.69, 9.17) is 9.47 Å². The van der Waals surface area contributed by atoms with E-state index in [1.807, 2.05) is 0 Å². The van der Waals surface area contributed by atoms with Crippen molar-refractivity contribution in [3.05, 3.63) is 0 Å². The third-order valence-electron chi connectivity index (χ3n) is 4.26. The van der Waals surface area contributed by atoms with E-state index in [0.717, 1.165) is 12.8 Å². The van der Waals surface area contributed by atoms with Gasteiger partial charge in [-0.1, -0.05) is 64.7 Å². The molecule has 0 spiro atoms. The van der Waals surface area contributed by atoms with Crippen molar-refractivity contribution in [2.75, 3.05) is 6.61 Å². The summed E-state index contributed by atoms with van der Waals surface area (Å²) in [5.74, 6) is -0.761. The first kappa shape index (κ1) is 25.9. The van der Waals surface area contributed by atoms with Crippen LogP contribution in [-0.2, 0) is 19.1 Å². The molecular formula is C22H42O5. The lowest BCUT2D eigenvalue weighted by Gasteiger charge is -2.20. The lowest BCUT2D eigenvalue weighted by molar-refractivity contribution is -0.157. The summed E-state index contributed by atoms with van der Waals surface area (Å²) < 4.78 is 10.3. The molecule has 0 heterocycles. The maximum Gasteiger partial charge on any atom is 0.308 e. The Labute approximate surface area is 166 Å². The third kappa shape index (κ3) is 19.5. The van der Waals surface area contributed by atoms with Crippen molar-refractivity contribution >= 4 is 11.9 Å². The van der Waals surface area contributed by atoms with Gasteiger partial charge in [0, 0.05) is 6.42 Å². The van der Waals surface area contributed by atoms with E-state index in [-0.39, 0.29) is 25.2 Å². The van der Waals surface area contributed by atoms with Gasteiger partial charge in [-0.15, -0.1) is 0 Å². The highest BCUT2D eigenvalue weighted by atomic mass is 16.6. The number of unbranched alkanes of at least 4 members (excludes halogenated alkanes) is 9. The molecule has 0 aliphatic heterocycles. The van der Waals surface area contributed by atoms with Crippen molar-refractivity contribution in [1.82, 2.24) is 0 Å². The van der Waals surface area contributed by atoms with Gasteiger partial charge in [0.15, 0.2) is 0 Å². The van der Waals surface area contributed by atoms with Gasteiger partial charge < -0.3 is 14.6 Å². The van der Waals surface area contributed by atoms with Crippen molar-refractivity contribution in [3.63, 3.8) is 0 Å². The molecule has 0 amide bonds. The molecule has 0 aliphatic carbocycles. The van der Waals surface area contributed by atoms with Gasteiger partial charge in [0.05, 0.1) is 19.1 Å². The fraction of sp³-hybridized carbons (Fsp3) is 0.909. The summed E-state index contributed by atoms with van der Waals surface area (Å²) in [5, 5.41) is 9.82. The fourth-order valence-electron chi connectivity index (χ4n) is 2.81. The molecule has 0 aromatic rings. The van der Waals surface area contributed by atoms with Crippen LogP contribution >= 0.6 is 0 Å². The second-order valence-electron chi connectivity index (χ2n) is 8.39. The van der Waals surface area contributed by atoms with E-state index >= 15 is 0 Å². The van der Waals surface area contributed by atoms with E-state index in [9.17, 15) is 14.7 Å². The standard InChI is InChI=1S/C22H42O5/c1-5-6-7-8-9-10-11-12-13-14-17-26-20(24)16-15-19(23)18-21(25)27-22(2,3)4/h19,23H,5-18H2,1-4H3. The molecule has 27 heavy (non-hydrogen) atoms. The van der Waals surface area contributed by atoms with Gasteiger partial charge in [-0.3, -0.25) is 9.59 Å². The highest BCUT2D eigenvalue weighted by Crippen LogP contribution is 2.12. The zero-order valence-corrected chi connectivity index (χ0v) is 18.1. The van der Waals surface area contributed by atoms with Crippen LogP contribution in [0.3, 0.4) is 0 Å². The number of hydrogen-bond acceptors (Lipinski definition) is 5. The van der Waals surface area contributed by atoms with E-state index in [1.165, 1.54) is 51.4 Å². The van der Waals surface area contributed by atoms with E-state index in [1.54, 1.807) is 20.8 Å². The van der Waals surface area contributed by atoms with Gasteiger partial charge in [-0.05, 0) is 33.6 Å². The number of carbonyl (C=O) groups is 2. The van der Waals surface area contributed by atoms with E-state index in [2.05, 4.69) is 6.92 Å². The Morgan fingerprint density at radius 3 is 1.89 bits per heavy atom. The zero-order chi connectivity index (χ0) is 20.5. The number of rotatable bonds is 16. The topological polar surface area (TPSA) is 72.8 Å². The van der Waals surface area contributed by atoms with Crippen molar-refractivity contribution < 1.29 is 24.2 Å². The Bertz CT molecular complexity index is 387. The average Bonchev–Trinajstić information content (AvgIpc) is 2.56. The van der Waals surface area contributed by atoms with Crippen molar-refractivity contribution in [2.24, 2.45) is 0 Å². The molecule has 160 valence electrons. The summed E-state index contributed by atoms with van der Waals surface area (Å²) in [6.45, 7) is 8.02. The van der Waals surface area contributed by atoms with Gasteiger partial charge in [0.1, 0.15) is 5.60 Å². The molecule has 0 rings (SSSR count). The van der Waals surface area contributed by atoms with Crippen LogP contribution in [0.1, 0.15) is 111 Å². The first-order valence-corrected chi connectivity index (χ1v) is 10.8. The van der Waals surface area contributed by atoms with Crippen molar-refractivity contribution in [2.45, 2.75) is 123 Å². The number of aliphatic hydroxyl groups excluding tert-OH is 1. The molecule has 1 atom stereocenters. The van der Waals surface area contributed by atoms with Crippen LogP contribution in [-0.4, -0.2) is 35.4 Å². The van der Waals surface area contributed by atoms with Crippen molar-refractivity contribution in [3.8, 4) is 0 Å². The molecular weight excluding hydrogens is 344 g/mol. The molecule has 0 aliphatic rings. The Hall–Kier alpha value is -1.10. The summed E-state index contributed by atoms with van der Waals surface area (Å²) >= 11 is 0. The van der Waals surface area contributed by atoms with Crippen LogP contribution in [0.5, 0.6) is 0 Å². The number of ether oxygens (including phenoxy) is 2. The zero-order valence-electron chi connectivity index (χ0n) is 18.1. The van der Waals surface area contributed by atoms with Crippen LogP contribution in [0.2, 0.25) is 0 Å². The minimum atomic E-state index is -0.871. The lowest BCUT2D eigenvalue weighted by atomic mass is 10.1. The van der Waals surface area contributed by atoms with Gasteiger partial charge in [0.2, 0.25) is 0 Å². The number of esters is 2. The predicted octanol–water partition coefficient (Wildman–Crippen LogP) is 5.32. The summed E-state index contributed by atoms with van der Waals surface area (Å²) in [7, 11) is 0. The molecule has 0 bridgehead atoms. The minimum absolute atomic E-state index is 0.0943. The maximum atomic E-state index is 11.7. The molecule has 0 saturated heterocycles. The van der Waals surface area contributed by atoms with Crippen LogP contribution in [0.15, 0.2) is 0 Å². The molecule has 1 N–H and O–H groups in total. The summed E-state index contributed by atoms with van der Waals surface area (Å²) in [6.07, 6.45) is 11.8. The number of carbonyl (C=O) groups excluding carboxylic acids is 2. The Morgan fingerprint density at radius 1 is 0.852 bits per heavy atom. The van der Waals surface area contributed by atoms with Gasteiger partial charge >= 0.3 is 11.9 Å². The van der Waals surface area contributed by atoms with Gasteiger partial charge in [-0.2, -0.15) is 0 Å². The highest BCUT2D eigenvalue weighted by Gasteiger charge is 2.19. The van der Waals surface area contributed by atoms with Crippen LogP contribution < -0.4 is 0 Å². The number of aliphatic hydroxyl groups is 1. The molecule has 0 aromatic heterocycles. The normalized spacial score (nSPS) is 12.6. The molecule has 0 saturated carbocycles. The first-order valence-electron chi connectivity index (χ1n) is 10.8. The summed E-state index contributed by atoms with van der Waals surface area (Å²) in [4.78, 5) is 23.3. The minimum Gasteiger partial charge on any atom is -0.466 e. The quantitative estimate of drug-likeness (QED) is 0.287. The van der Waals surface area contributed by atoms with E-state index < -0.39 is 17.7 Å². The first-order chi connectivity index (χ1) is 12.7. The van der Waals surface area contributed by atoms with Crippen molar-refractivity contribution in [1.29, 1.82) is 0 Å². The molecule has 5 heteroatoms. The molecule has 1 unspecified atom stereocenters. The summed E-state index contributed by atoms with van der Waals surface area (Å²) in [5.41, 5.74) is -0.565. The SMILES string of the molecule is CCCCCCCCCCCCOC(=O)CCC(O)CC(=O)OC(C)(C)C. The Kier molecular flexibility index (Phi) is 15.3. The highest BCUT2D eigenvalue weighted by molar-refractivity contribution is 5.71. The summed E-state index contributed by atoms with van der Waals surface area (Å²) in [6, 6.07) is 0. The number of hydrogen-bond donors (Lipinski definition) is 1. The lowest BCUT2D eigenvalue weighted by Crippen LogP contribution is -2.26. The second kappa shape index (κ2) is 15.9.